The highest BCUT2D eigenvalue weighted by Gasteiger charge is 2.20. The van der Waals surface area contributed by atoms with Gasteiger partial charge >= 0.3 is 5.97 Å². The fourth-order valence-electron chi connectivity index (χ4n) is 3.49. The molecule has 5 heteroatoms. The second-order valence-electron chi connectivity index (χ2n) is 8.53. The first kappa shape index (κ1) is 28.2. The minimum atomic E-state index is -1.51. The Kier molecular flexibility index (Phi) is 17.4. The molecule has 1 aromatic rings. The molecule has 2 unspecified atom stereocenters. The van der Waals surface area contributed by atoms with Crippen molar-refractivity contribution < 1.29 is 19.7 Å². The molecule has 5 nitrogen and oxygen atoms in total. The quantitative estimate of drug-likeness (QED) is 0.0938. The number of anilines is 1. The zero-order chi connectivity index (χ0) is 23.3. The van der Waals surface area contributed by atoms with Crippen LogP contribution in [-0.4, -0.2) is 35.1 Å². The van der Waals surface area contributed by atoms with Crippen LogP contribution >= 0.6 is 0 Å². The molecule has 0 aliphatic rings. The Morgan fingerprint density at radius 1 is 0.875 bits per heavy atom. The molecule has 1 rings (SSSR count). The van der Waals surface area contributed by atoms with Crippen molar-refractivity contribution in [3.05, 3.63) is 42.5 Å². The Hall–Kier alpha value is -1.85. The first-order valence-electron chi connectivity index (χ1n) is 12.6. The number of nitrogens with one attached hydrogen (secondary N) is 1. The predicted octanol–water partition coefficient (Wildman–Crippen LogP) is 6.36. The van der Waals surface area contributed by atoms with Crippen molar-refractivity contribution in [2.45, 2.75) is 109 Å². The van der Waals surface area contributed by atoms with Crippen LogP contribution in [0.25, 0.3) is 0 Å². The van der Waals surface area contributed by atoms with E-state index in [0.29, 0.717) is 0 Å². The minimum absolute atomic E-state index is 0.103. The maximum atomic E-state index is 11.8. The number of rotatable bonds is 20. The van der Waals surface area contributed by atoms with Gasteiger partial charge in [-0.05, 0) is 44.2 Å². The van der Waals surface area contributed by atoms with Gasteiger partial charge in [-0.2, -0.15) is 0 Å². The number of para-hydroxylation sites is 1. The van der Waals surface area contributed by atoms with Crippen LogP contribution in [0, 0.1) is 0 Å². The lowest BCUT2D eigenvalue weighted by Gasteiger charge is -2.19. The molecule has 3 N–H and O–H groups in total. The number of hydrogen-bond donors (Lipinski definition) is 3. The van der Waals surface area contributed by atoms with Crippen molar-refractivity contribution in [2.75, 3.05) is 11.9 Å². The largest absolute Gasteiger partial charge is 0.433 e. The summed E-state index contributed by atoms with van der Waals surface area (Å²) in [5.74, 6) is -0.464. The van der Waals surface area contributed by atoms with E-state index in [0.717, 1.165) is 31.4 Å². The molecular weight excluding hydrogens is 402 g/mol. The van der Waals surface area contributed by atoms with Gasteiger partial charge < -0.3 is 20.3 Å². The zero-order valence-electron chi connectivity index (χ0n) is 20.0. The average Bonchev–Trinajstić information content (AvgIpc) is 2.80. The lowest BCUT2D eigenvalue weighted by Crippen LogP contribution is -2.36. The molecule has 0 saturated carbocycles. The van der Waals surface area contributed by atoms with Gasteiger partial charge in [-0.3, -0.25) is 4.79 Å². The third-order valence-corrected chi connectivity index (χ3v) is 5.51. The number of ether oxygens (including phenoxy) is 1. The molecule has 0 aromatic heterocycles. The molecule has 0 bridgehead atoms. The van der Waals surface area contributed by atoms with E-state index in [1.165, 1.54) is 57.8 Å². The number of esters is 1. The Bertz CT molecular complexity index is 591. The van der Waals surface area contributed by atoms with E-state index in [4.69, 9.17) is 4.74 Å². The monoisotopic (exact) mass is 447 g/mol. The lowest BCUT2D eigenvalue weighted by molar-refractivity contribution is -0.185. The van der Waals surface area contributed by atoms with E-state index >= 15 is 0 Å². The van der Waals surface area contributed by atoms with Gasteiger partial charge in [-0.1, -0.05) is 88.6 Å². The van der Waals surface area contributed by atoms with Gasteiger partial charge in [0, 0.05) is 18.7 Å². The third kappa shape index (κ3) is 15.9. The summed E-state index contributed by atoms with van der Waals surface area (Å²) >= 11 is 0. The van der Waals surface area contributed by atoms with Gasteiger partial charge in [0.2, 0.25) is 6.29 Å². The predicted molar refractivity (Wildman–Crippen MR) is 132 cm³/mol. The summed E-state index contributed by atoms with van der Waals surface area (Å²) in [6, 6.07) is 9.36. The molecule has 32 heavy (non-hydrogen) atoms. The summed E-state index contributed by atoms with van der Waals surface area (Å²) in [6.07, 6.45) is 17.9. The average molecular weight is 448 g/mol. The summed E-state index contributed by atoms with van der Waals surface area (Å²) in [6.45, 7) is 2.36. The van der Waals surface area contributed by atoms with Crippen molar-refractivity contribution in [1.82, 2.24) is 0 Å². The summed E-state index contributed by atoms with van der Waals surface area (Å²) in [5.41, 5.74) is 0.832. The van der Waals surface area contributed by atoms with Crippen molar-refractivity contribution >= 4 is 11.7 Å². The van der Waals surface area contributed by atoms with Crippen molar-refractivity contribution in [3.8, 4) is 0 Å². The molecule has 0 spiro atoms. The smallest absolute Gasteiger partial charge is 0.308 e. The molecule has 0 fully saturated rings. The molecule has 0 aliphatic carbocycles. The molecule has 182 valence electrons. The van der Waals surface area contributed by atoms with Gasteiger partial charge in [0.05, 0.1) is 0 Å². The van der Waals surface area contributed by atoms with Gasteiger partial charge in [0.25, 0.3) is 0 Å². The van der Waals surface area contributed by atoms with Crippen LogP contribution in [0.3, 0.4) is 0 Å². The molecular formula is C27H45NO4. The van der Waals surface area contributed by atoms with E-state index in [2.05, 4.69) is 24.4 Å². The maximum Gasteiger partial charge on any atom is 0.308 e. The van der Waals surface area contributed by atoms with E-state index < -0.39 is 18.4 Å². The van der Waals surface area contributed by atoms with Gasteiger partial charge in [0.1, 0.15) is 6.10 Å². The normalized spacial score (nSPS) is 13.2. The highest BCUT2D eigenvalue weighted by Crippen LogP contribution is 2.11. The van der Waals surface area contributed by atoms with E-state index in [1.54, 1.807) is 0 Å². The molecule has 2 atom stereocenters. The summed E-state index contributed by atoms with van der Waals surface area (Å²) in [4.78, 5) is 11.8. The van der Waals surface area contributed by atoms with Crippen LogP contribution in [0.2, 0.25) is 0 Å². The topological polar surface area (TPSA) is 78.8 Å². The first-order valence-corrected chi connectivity index (χ1v) is 12.6. The van der Waals surface area contributed by atoms with Crippen LogP contribution in [0.5, 0.6) is 0 Å². The van der Waals surface area contributed by atoms with E-state index in [1.807, 2.05) is 30.3 Å². The molecule has 0 radical (unpaired) electrons. The number of hydrogen-bond acceptors (Lipinski definition) is 5. The SMILES string of the molecule is CCCCCCCC/C=C\CCCCCCCC(=O)OC(O)C(O)CNc1ccccc1. The molecule has 0 aliphatic heterocycles. The summed E-state index contributed by atoms with van der Waals surface area (Å²) in [5, 5.41) is 22.8. The highest BCUT2D eigenvalue weighted by atomic mass is 16.6. The van der Waals surface area contributed by atoms with E-state index in [-0.39, 0.29) is 13.0 Å². The van der Waals surface area contributed by atoms with Crippen molar-refractivity contribution in [2.24, 2.45) is 0 Å². The number of carbonyl (C=O) groups is 1. The van der Waals surface area contributed by atoms with Crippen molar-refractivity contribution in [1.29, 1.82) is 0 Å². The second kappa shape index (κ2) is 19.8. The Labute approximate surface area is 195 Å². The number of unbranched alkanes of at least 4 members (excludes halogenated alkanes) is 11. The Balaban J connectivity index is 1.92. The lowest BCUT2D eigenvalue weighted by atomic mass is 10.1. The second-order valence-corrected chi connectivity index (χ2v) is 8.53. The highest BCUT2D eigenvalue weighted by molar-refractivity contribution is 5.69. The van der Waals surface area contributed by atoms with Crippen LogP contribution in [-0.2, 0) is 9.53 Å². The van der Waals surface area contributed by atoms with Gasteiger partial charge in [-0.15, -0.1) is 0 Å². The maximum absolute atomic E-state index is 11.8. The minimum Gasteiger partial charge on any atom is -0.433 e. The molecule has 0 heterocycles. The fraction of sp³-hybridized carbons (Fsp3) is 0.667. The number of aliphatic hydroxyl groups excluding tert-OH is 2. The van der Waals surface area contributed by atoms with Gasteiger partial charge in [0.15, 0.2) is 0 Å². The Morgan fingerprint density at radius 2 is 1.44 bits per heavy atom. The standard InChI is InChI=1S/C27H45NO4/c1-2-3-4-5-6-7-8-9-10-11-12-13-14-15-19-22-26(30)32-27(31)25(29)23-28-24-20-17-16-18-21-24/h9-10,16-18,20-21,25,27-29,31H,2-8,11-15,19,22-23H2,1H3/b10-9-. The number of aliphatic hydroxyl groups is 2. The summed E-state index contributed by atoms with van der Waals surface area (Å²) < 4.78 is 4.94. The number of carbonyl (C=O) groups excluding carboxylic acids is 1. The zero-order valence-corrected chi connectivity index (χ0v) is 20.0. The van der Waals surface area contributed by atoms with Crippen LogP contribution in [0.15, 0.2) is 42.5 Å². The molecule has 0 amide bonds. The molecule has 0 saturated heterocycles. The van der Waals surface area contributed by atoms with Gasteiger partial charge in [-0.25, -0.2) is 0 Å². The van der Waals surface area contributed by atoms with Crippen LogP contribution in [0.1, 0.15) is 96.8 Å². The fourth-order valence-corrected chi connectivity index (χ4v) is 3.49. The van der Waals surface area contributed by atoms with E-state index in [9.17, 15) is 15.0 Å². The summed E-state index contributed by atoms with van der Waals surface area (Å²) in [7, 11) is 0. The molecule has 1 aromatic carbocycles. The number of benzene rings is 1. The first-order chi connectivity index (χ1) is 15.6. The van der Waals surface area contributed by atoms with Crippen LogP contribution in [0.4, 0.5) is 5.69 Å². The number of allylic oxidation sites excluding steroid dienone is 2. The van der Waals surface area contributed by atoms with Crippen LogP contribution < -0.4 is 5.32 Å². The Morgan fingerprint density at radius 3 is 2.06 bits per heavy atom. The van der Waals surface area contributed by atoms with Crippen molar-refractivity contribution in [3.63, 3.8) is 0 Å². The third-order valence-electron chi connectivity index (χ3n) is 5.51.